The average molecular weight is 228 g/mol. The van der Waals surface area contributed by atoms with Crippen molar-refractivity contribution in [3.63, 3.8) is 0 Å². The van der Waals surface area contributed by atoms with Crippen molar-refractivity contribution in [2.24, 2.45) is 11.7 Å². The van der Waals surface area contributed by atoms with Crippen LogP contribution in [0.4, 0.5) is 4.39 Å². The number of carbonyl (C=O) groups excluding carboxylic acids is 1. The van der Waals surface area contributed by atoms with Crippen molar-refractivity contribution in [2.45, 2.75) is 63.2 Å². The number of amides is 1. The normalized spacial score (nSPS) is 39.6. The zero-order valence-electron chi connectivity index (χ0n) is 9.62. The van der Waals surface area contributed by atoms with Crippen LogP contribution in [0.3, 0.4) is 0 Å². The third kappa shape index (κ3) is 2.54. The average Bonchev–Trinajstić information content (AvgIpc) is 2.68. The number of alkyl halides is 1. The second-order valence-electron chi connectivity index (χ2n) is 5.12. The highest BCUT2D eigenvalue weighted by Gasteiger charge is 2.33. The van der Waals surface area contributed by atoms with Gasteiger partial charge in [0.1, 0.15) is 6.17 Å². The Morgan fingerprint density at radius 1 is 1.12 bits per heavy atom. The summed E-state index contributed by atoms with van der Waals surface area (Å²) in [6, 6.07) is -0.296. The molecule has 2 saturated carbocycles. The highest BCUT2D eigenvalue weighted by molar-refractivity contribution is 5.80. The fourth-order valence-electron chi connectivity index (χ4n) is 2.85. The molecular formula is C12H21FN2O. The maximum atomic E-state index is 13.5. The fourth-order valence-corrected chi connectivity index (χ4v) is 2.85. The molecule has 1 amide bonds. The fraction of sp³-hybridized carbons (Fsp3) is 0.917. The van der Waals surface area contributed by atoms with E-state index in [1.807, 2.05) is 0 Å². The van der Waals surface area contributed by atoms with E-state index < -0.39 is 6.17 Å². The molecule has 0 aromatic heterocycles. The Labute approximate surface area is 96.0 Å². The summed E-state index contributed by atoms with van der Waals surface area (Å²) < 4.78 is 13.5. The first-order valence-corrected chi connectivity index (χ1v) is 6.38. The van der Waals surface area contributed by atoms with Gasteiger partial charge < -0.3 is 11.1 Å². The molecular weight excluding hydrogens is 207 g/mol. The lowest BCUT2D eigenvalue weighted by atomic mass is 9.92. The van der Waals surface area contributed by atoms with Gasteiger partial charge in [0.15, 0.2) is 0 Å². The summed E-state index contributed by atoms with van der Waals surface area (Å²) in [5.74, 6) is -0.117. The van der Waals surface area contributed by atoms with Crippen LogP contribution in [-0.4, -0.2) is 24.2 Å². The molecule has 2 aliphatic carbocycles. The molecule has 4 heteroatoms. The molecule has 0 aromatic rings. The molecule has 0 radical (unpaired) electrons. The highest BCUT2D eigenvalue weighted by atomic mass is 19.1. The molecule has 0 aliphatic heterocycles. The summed E-state index contributed by atoms with van der Waals surface area (Å²) in [5.41, 5.74) is 5.87. The number of rotatable bonds is 2. The summed E-state index contributed by atoms with van der Waals surface area (Å²) in [6.45, 7) is 0. The van der Waals surface area contributed by atoms with Crippen molar-refractivity contribution in [2.75, 3.05) is 0 Å². The van der Waals surface area contributed by atoms with Gasteiger partial charge in [0.05, 0.1) is 12.0 Å². The maximum absolute atomic E-state index is 13.5. The lowest BCUT2D eigenvalue weighted by molar-refractivity contribution is -0.126. The topological polar surface area (TPSA) is 55.1 Å². The molecule has 92 valence electrons. The monoisotopic (exact) mass is 228 g/mol. The van der Waals surface area contributed by atoms with Gasteiger partial charge in [-0.2, -0.15) is 0 Å². The van der Waals surface area contributed by atoms with Gasteiger partial charge in [-0.05, 0) is 25.7 Å². The van der Waals surface area contributed by atoms with Crippen LogP contribution in [0.2, 0.25) is 0 Å². The zero-order chi connectivity index (χ0) is 11.5. The van der Waals surface area contributed by atoms with Gasteiger partial charge >= 0.3 is 0 Å². The largest absolute Gasteiger partial charge is 0.350 e. The van der Waals surface area contributed by atoms with E-state index in [9.17, 15) is 9.18 Å². The van der Waals surface area contributed by atoms with Crippen molar-refractivity contribution in [1.82, 2.24) is 5.32 Å². The standard InChI is InChI=1S/C12H21FN2O/c13-9-5-1-2-7-11(9)15-12(16)8-4-3-6-10(8)14/h8-11H,1-7,14H2,(H,15,16)/t8-,9-,10+,11+/m0/s1. The minimum absolute atomic E-state index is 0.0262. The lowest BCUT2D eigenvalue weighted by Gasteiger charge is -2.28. The Morgan fingerprint density at radius 3 is 2.50 bits per heavy atom. The molecule has 3 nitrogen and oxygen atoms in total. The van der Waals surface area contributed by atoms with Crippen molar-refractivity contribution in [3.8, 4) is 0 Å². The van der Waals surface area contributed by atoms with Gasteiger partial charge in [-0.3, -0.25) is 4.79 Å². The molecule has 0 unspecified atom stereocenters. The second kappa shape index (κ2) is 5.13. The van der Waals surface area contributed by atoms with Crippen molar-refractivity contribution in [3.05, 3.63) is 0 Å². The number of nitrogens with one attached hydrogen (secondary N) is 1. The van der Waals surface area contributed by atoms with E-state index in [0.717, 1.165) is 38.5 Å². The first-order chi connectivity index (χ1) is 7.68. The second-order valence-corrected chi connectivity index (χ2v) is 5.12. The Morgan fingerprint density at radius 2 is 1.88 bits per heavy atom. The number of hydrogen-bond acceptors (Lipinski definition) is 2. The predicted octanol–water partition coefficient (Wildman–Crippen LogP) is 1.51. The molecule has 2 aliphatic rings. The number of carbonyl (C=O) groups is 1. The van der Waals surface area contributed by atoms with E-state index >= 15 is 0 Å². The molecule has 2 fully saturated rings. The Kier molecular flexibility index (Phi) is 3.79. The molecule has 0 aromatic carbocycles. The first-order valence-electron chi connectivity index (χ1n) is 6.38. The molecule has 3 N–H and O–H groups in total. The van der Waals surface area contributed by atoms with Crippen molar-refractivity contribution >= 4 is 5.91 Å². The van der Waals surface area contributed by atoms with Crippen LogP contribution in [0.25, 0.3) is 0 Å². The Hall–Kier alpha value is -0.640. The smallest absolute Gasteiger partial charge is 0.224 e. The third-order valence-electron chi connectivity index (χ3n) is 3.92. The molecule has 4 atom stereocenters. The molecule has 0 saturated heterocycles. The van der Waals surface area contributed by atoms with Gasteiger partial charge in [-0.25, -0.2) is 4.39 Å². The lowest BCUT2D eigenvalue weighted by Crippen LogP contribution is -2.48. The van der Waals surface area contributed by atoms with E-state index in [0.29, 0.717) is 6.42 Å². The summed E-state index contributed by atoms with van der Waals surface area (Å²) in [4.78, 5) is 11.9. The van der Waals surface area contributed by atoms with Gasteiger partial charge in [-0.15, -0.1) is 0 Å². The number of nitrogens with two attached hydrogens (primary N) is 1. The Balaban J connectivity index is 1.86. The predicted molar refractivity (Wildman–Crippen MR) is 60.6 cm³/mol. The van der Waals surface area contributed by atoms with E-state index in [4.69, 9.17) is 5.73 Å². The summed E-state index contributed by atoms with van der Waals surface area (Å²) in [5, 5.41) is 2.85. The number of hydrogen-bond donors (Lipinski definition) is 2. The van der Waals surface area contributed by atoms with Crippen LogP contribution >= 0.6 is 0 Å². The van der Waals surface area contributed by atoms with Crippen LogP contribution in [0.15, 0.2) is 0 Å². The van der Waals surface area contributed by atoms with Crippen LogP contribution in [0.5, 0.6) is 0 Å². The molecule has 0 bridgehead atoms. The van der Waals surface area contributed by atoms with Crippen LogP contribution < -0.4 is 11.1 Å². The molecule has 0 spiro atoms. The first kappa shape index (κ1) is 11.8. The SMILES string of the molecule is N[C@@H]1CCC[C@@H]1C(=O)N[C@@H]1CCCC[C@@H]1F. The summed E-state index contributed by atoms with van der Waals surface area (Å²) >= 11 is 0. The van der Waals surface area contributed by atoms with E-state index in [1.165, 1.54) is 0 Å². The number of halogens is 1. The van der Waals surface area contributed by atoms with Gasteiger partial charge in [-0.1, -0.05) is 19.3 Å². The Bertz CT molecular complexity index is 259. The van der Waals surface area contributed by atoms with Gasteiger partial charge in [0.2, 0.25) is 5.91 Å². The summed E-state index contributed by atoms with van der Waals surface area (Å²) in [6.07, 6.45) is 5.24. The van der Waals surface area contributed by atoms with Crippen molar-refractivity contribution < 1.29 is 9.18 Å². The minimum Gasteiger partial charge on any atom is -0.350 e. The minimum atomic E-state index is -0.865. The highest BCUT2D eigenvalue weighted by Crippen LogP contribution is 2.26. The molecule has 0 heterocycles. The van der Waals surface area contributed by atoms with E-state index in [1.54, 1.807) is 0 Å². The zero-order valence-corrected chi connectivity index (χ0v) is 9.62. The van der Waals surface area contributed by atoms with E-state index in [2.05, 4.69) is 5.32 Å². The van der Waals surface area contributed by atoms with Crippen LogP contribution in [0, 0.1) is 5.92 Å². The third-order valence-corrected chi connectivity index (χ3v) is 3.92. The molecule has 16 heavy (non-hydrogen) atoms. The maximum Gasteiger partial charge on any atom is 0.224 e. The molecule has 2 rings (SSSR count). The quantitative estimate of drug-likeness (QED) is 0.752. The van der Waals surface area contributed by atoms with Crippen LogP contribution in [0.1, 0.15) is 44.9 Å². The van der Waals surface area contributed by atoms with Gasteiger partial charge in [0, 0.05) is 6.04 Å². The van der Waals surface area contributed by atoms with Gasteiger partial charge in [0.25, 0.3) is 0 Å². The van der Waals surface area contributed by atoms with Crippen LogP contribution in [-0.2, 0) is 4.79 Å². The summed E-state index contributed by atoms with van der Waals surface area (Å²) in [7, 11) is 0. The van der Waals surface area contributed by atoms with Crippen molar-refractivity contribution in [1.29, 1.82) is 0 Å². The van der Waals surface area contributed by atoms with E-state index in [-0.39, 0.29) is 23.9 Å².